The van der Waals surface area contributed by atoms with E-state index in [-0.39, 0.29) is 17.6 Å². The van der Waals surface area contributed by atoms with Crippen LogP contribution in [0.25, 0.3) is 10.9 Å². The Bertz CT molecular complexity index is 834. The molecule has 1 N–H and O–H groups in total. The maximum Gasteiger partial charge on any atom is 0.308 e. The minimum atomic E-state index is -0.871. The summed E-state index contributed by atoms with van der Waals surface area (Å²) in [6.07, 6.45) is 2.57. The zero-order chi connectivity index (χ0) is 16.6. The van der Waals surface area contributed by atoms with Crippen molar-refractivity contribution in [2.75, 3.05) is 18.0 Å². The lowest BCUT2D eigenvalue weighted by Gasteiger charge is -2.33. The number of nitrogens with zero attached hydrogens (tertiary/aromatic N) is 3. The molecule has 0 saturated carbocycles. The Hall–Kier alpha value is -2.39. The third-order valence-electron chi connectivity index (χ3n) is 4.10. The van der Waals surface area contributed by atoms with Crippen LogP contribution in [0.2, 0.25) is 5.02 Å². The Labute approximate surface area is 136 Å². The highest BCUT2D eigenvalue weighted by Gasteiger charge is 2.28. The Morgan fingerprint density at radius 1 is 1.52 bits per heavy atom. The van der Waals surface area contributed by atoms with Crippen LogP contribution in [0.1, 0.15) is 18.4 Å². The Morgan fingerprint density at radius 3 is 3.00 bits per heavy atom. The molecule has 1 fully saturated rings. The second-order valence-electron chi connectivity index (χ2n) is 5.51. The lowest BCUT2D eigenvalue weighted by atomic mass is 9.96. The van der Waals surface area contributed by atoms with Gasteiger partial charge in [-0.25, -0.2) is 4.39 Å². The largest absolute Gasteiger partial charge is 0.481 e. The molecule has 0 bridgehead atoms. The highest BCUT2D eigenvalue weighted by Crippen LogP contribution is 2.37. The molecule has 118 valence electrons. The number of pyridine rings is 1. The number of rotatable bonds is 2. The van der Waals surface area contributed by atoms with Crippen molar-refractivity contribution in [2.24, 2.45) is 5.92 Å². The second-order valence-corrected chi connectivity index (χ2v) is 5.92. The summed E-state index contributed by atoms with van der Waals surface area (Å²) < 4.78 is 14.0. The first-order valence-corrected chi connectivity index (χ1v) is 7.55. The Kier molecular flexibility index (Phi) is 4.05. The predicted octanol–water partition coefficient (Wildman–Crippen LogP) is 3.20. The molecule has 23 heavy (non-hydrogen) atoms. The summed E-state index contributed by atoms with van der Waals surface area (Å²) >= 11 is 6.22. The van der Waals surface area contributed by atoms with Crippen molar-refractivity contribution in [1.29, 1.82) is 5.26 Å². The molecular weight excluding hydrogens is 321 g/mol. The number of hydrogen-bond acceptors (Lipinski definition) is 4. The van der Waals surface area contributed by atoms with Crippen molar-refractivity contribution in [3.05, 3.63) is 34.7 Å². The Balaban J connectivity index is 2.21. The molecule has 1 unspecified atom stereocenters. The lowest BCUT2D eigenvalue weighted by Crippen LogP contribution is -2.39. The van der Waals surface area contributed by atoms with Crippen LogP contribution < -0.4 is 4.90 Å². The number of anilines is 1. The molecule has 3 rings (SSSR count). The van der Waals surface area contributed by atoms with Gasteiger partial charge in [0.1, 0.15) is 17.4 Å². The van der Waals surface area contributed by atoms with Gasteiger partial charge in [-0.2, -0.15) is 5.26 Å². The maximum absolute atomic E-state index is 14.0. The molecule has 1 aliphatic heterocycles. The fourth-order valence-electron chi connectivity index (χ4n) is 3.01. The number of piperidine rings is 1. The highest BCUT2D eigenvalue weighted by molar-refractivity contribution is 6.36. The normalized spacial score (nSPS) is 18.0. The van der Waals surface area contributed by atoms with Gasteiger partial charge in [-0.1, -0.05) is 11.6 Å². The van der Waals surface area contributed by atoms with Gasteiger partial charge in [0.05, 0.1) is 22.2 Å². The van der Waals surface area contributed by atoms with Crippen LogP contribution in [0.5, 0.6) is 0 Å². The third kappa shape index (κ3) is 2.68. The van der Waals surface area contributed by atoms with Crippen LogP contribution in [0.4, 0.5) is 10.1 Å². The van der Waals surface area contributed by atoms with Gasteiger partial charge in [0.15, 0.2) is 0 Å². The van der Waals surface area contributed by atoms with Crippen LogP contribution in [0, 0.1) is 23.1 Å². The number of carboxylic acids is 1. The summed E-state index contributed by atoms with van der Waals surface area (Å²) in [5.74, 6) is -1.92. The number of benzene rings is 1. The quantitative estimate of drug-likeness (QED) is 0.913. The average molecular weight is 334 g/mol. The predicted molar refractivity (Wildman–Crippen MR) is 84.0 cm³/mol. The van der Waals surface area contributed by atoms with Crippen LogP contribution in [-0.4, -0.2) is 29.1 Å². The fourth-order valence-corrected chi connectivity index (χ4v) is 3.25. The molecule has 1 atom stereocenters. The number of fused-ring (bicyclic) bond motifs is 1. The topological polar surface area (TPSA) is 77.2 Å². The smallest absolute Gasteiger partial charge is 0.308 e. The summed E-state index contributed by atoms with van der Waals surface area (Å²) in [4.78, 5) is 17.1. The molecule has 2 heterocycles. The van der Waals surface area contributed by atoms with Gasteiger partial charge in [-0.3, -0.25) is 9.78 Å². The SMILES string of the molecule is N#Cc1cnc2c(F)ccc(Cl)c2c1N1CCCC(C(=O)O)C1. The van der Waals surface area contributed by atoms with E-state index in [1.165, 1.54) is 18.3 Å². The summed E-state index contributed by atoms with van der Waals surface area (Å²) in [5.41, 5.74) is 0.813. The molecule has 5 nitrogen and oxygen atoms in total. The van der Waals surface area contributed by atoms with E-state index in [2.05, 4.69) is 4.98 Å². The molecule has 0 spiro atoms. The van der Waals surface area contributed by atoms with Gasteiger partial charge in [-0.15, -0.1) is 0 Å². The summed E-state index contributed by atoms with van der Waals surface area (Å²) in [7, 11) is 0. The van der Waals surface area contributed by atoms with Crippen LogP contribution in [0.3, 0.4) is 0 Å². The van der Waals surface area contributed by atoms with E-state index in [1.807, 2.05) is 6.07 Å². The number of nitriles is 1. The van der Waals surface area contributed by atoms with E-state index < -0.39 is 17.7 Å². The molecule has 0 radical (unpaired) electrons. The van der Waals surface area contributed by atoms with Crippen molar-refractivity contribution in [3.8, 4) is 6.07 Å². The van der Waals surface area contributed by atoms with Gasteiger partial charge in [0.25, 0.3) is 0 Å². The van der Waals surface area contributed by atoms with E-state index in [0.29, 0.717) is 35.5 Å². The van der Waals surface area contributed by atoms with Crippen molar-refractivity contribution in [3.63, 3.8) is 0 Å². The zero-order valence-electron chi connectivity index (χ0n) is 12.1. The zero-order valence-corrected chi connectivity index (χ0v) is 12.8. The molecule has 0 amide bonds. The van der Waals surface area contributed by atoms with Crippen LogP contribution in [-0.2, 0) is 4.79 Å². The number of aromatic nitrogens is 1. The number of hydrogen-bond donors (Lipinski definition) is 1. The minimum absolute atomic E-state index is 0.0870. The molecule has 2 aromatic rings. The Morgan fingerprint density at radius 2 is 2.30 bits per heavy atom. The molecule has 1 saturated heterocycles. The molecule has 1 aliphatic rings. The number of halogens is 2. The van der Waals surface area contributed by atoms with Crippen molar-refractivity contribution in [1.82, 2.24) is 4.98 Å². The number of carboxylic acid groups (broad SMARTS) is 1. The minimum Gasteiger partial charge on any atom is -0.481 e. The first kappa shape index (κ1) is 15.5. The van der Waals surface area contributed by atoms with E-state index in [1.54, 1.807) is 4.90 Å². The summed E-state index contributed by atoms with van der Waals surface area (Å²) in [6, 6.07) is 4.69. The van der Waals surface area contributed by atoms with E-state index in [0.717, 1.165) is 0 Å². The van der Waals surface area contributed by atoms with Gasteiger partial charge in [-0.05, 0) is 25.0 Å². The van der Waals surface area contributed by atoms with Gasteiger partial charge < -0.3 is 10.0 Å². The number of aliphatic carboxylic acids is 1. The maximum atomic E-state index is 14.0. The van der Waals surface area contributed by atoms with Crippen molar-refractivity contribution in [2.45, 2.75) is 12.8 Å². The average Bonchev–Trinajstić information content (AvgIpc) is 2.57. The van der Waals surface area contributed by atoms with Crippen LogP contribution >= 0.6 is 11.6 Å². The monoisotopic (exact) mass is 333 g/mol. The summed E-state index contributed by atoms with van der Waals surface area (Å²) in [6.45, 7) is 0.848. The fraction of sp³-hybridized carbons (Fsp3) is 0.312. The van der Waals surface area contributed by atoms with Crippen molar-refractivity contribution < 1.29 is 14.3 Å². The third-order valence-corrected chi connectivity index (χ3v) is 4.41. The molecule has 0 aliphatic carbocycles. The van der Waals surface area contributed by atoms with Gasteiger partial charge >= 0.3 is 5.97 Å². The highest BCUT2D eigenvalue weighted by atomic mass is 35.5. The second kappa shape index (κ2) is 6.01. The van der Waals surface area contributed by atoms with Gasteiger partial charge in [0, 0.05) is 24.7 Å². The lowest BCUT2D eigenvalue weighted by molar-refractivity contribution is -0.141. The van der Waals surface area contributed by atoms with Crippen molar-refractivity contribution >= 4 is 34.2 Å². The first-order chi connectivity index (χ1) is 11.0. The van der Waals surface area contributed by atoms with E-state index in [9.17, 15) is 19.6 Å². The van der Waals surface area contributed by atoms with E-state index >= 15 is 0 Å². The standard InChI is InChI=1S/C16H13ClFN3O2/c17-11-3-4-12(18)14-13(11)15(10(6-19)7-20-14)21-5-1-2-9(8-21)16(22)23/h3-4,7,9H,1-2,5,8H2,(H,22,23). The summed E-state index contributed by atoms with van der Waals surface area (Å²) in [5, 5.41) is 19.3. The molecule has 1 aromatic heterocycles. The van der Waals surface area contributed by atoms with E-state index in [4.69, 9.17) is 11.6 Å². The molecule has 7 heteroatoms. The first-order valence-electron chi connectivity index (χ1n) is 7.17. The molecule has 1 aromatic carbocycles. The van der Waals surface area contributed by atoms with Gasteiger partial charge in [0.2, 0.25) is 0 Å². The number of carbonyl (C=O) groups is 1. The van der Waals surface area contributed by atoms with Crippen LogP contribution in [0.15, 0.2) is 18.3 Å². The molecular formula is C16H13ClFN3O2.